The SMILES string of the molecule is CS(=O)(=O)c1cnc2ccc(Cl)cc2c1. The highest BCUT2D eigenvalue weighted by Gasteiger charge is 2.08. The summed E-state index contributed by atoms with van der Waals surface area (Å²) in [4.78, 5) is 4.26. The standard InChI is InChI=1S/C10H8ClNO2S/c1-15(13,14)9-5-7-4-8(11)2-3-10(7)12-6-9/h2-6H,1H3. The number of aromatic nitrogens is 1. The van der Waals surface area contributed by atoms with E-state index in [1.165, 1.54) is 6.20 Å². The summed E-state index contributed by atoms with van der Waals surface area (Å²) in [6.07, 6.45) is 2.51. The topological polar surface area (TPSA) is 47.0 Å². The number of sulfone groups is 1. The minimum atomic E-state index is -3.21. The lowest BCUT2D eigenvalue weighted by Gasteiger charge is -2.01. The molecule has 78 valence electrons. The van der Waals surface area contributed by atoms with Gasteiger partial charge in [0.05, 0.1) is 10.4 Å². The van der Waals surface area contributed by atoms with Crippen LogP contribution in [-0.2, 0) is 9.84 Å². The molecule has 1 aromatic heterocycles. The molecule has 0 amide bonds. The van der Waals surface area contributed by atoms with Gasteiger partial charge in [0, 0.05) is 22.9 Å². The van der Waals surface area contributed by atoms with E-state index in [-0.39, 0.29) is 4.90 Å². The van der Waals surface area contributed by atoms with Crippen molar-refractivity contribution in [2.75, 3.05) is 6.26 Å². The molecule has 0 spiro atoms. The molecule has 1 aromatic carbocycles. The summed E-state index contributed by atoms with van der Waals surface area (Å²) in [6, 6.07) is 6.74. The fourth-order valence-electron chi connectivity index (χ4n) is 1.29. The molecule has 2 rings (SSSR count). The van der Waals surface area contributed by atoms with E-state index in [9.17, 15) is 8.42 Å². The van der Waals surface area contributed by atoms with Crippen LogP contribution in [0.15, 0.2) is 35.4 Å². The number of pyridine rings is 1. The summed E-state index contributed by atoms with van der Waals surface area (Å²) in [6.45, 7) is 0. The molecule has 2 aromatic rings. The molecule has 3 nitrogen and oxygen atoms in total. The lowest BCUT2D eigenvalue weighted by molar-refractivity contribution is 0.601. The second-order valence-electron chi connectivity index (χ2n) is 3.28. The second kappa shape index (κ2) is 3.47. The fraction of sp³-hybridized carbons (Fsp3) is 0.100. The highest BCUT2D eigenvalue weighted by molar-refractivity contribution is 7.90. The molecular formula is C10H8ClNO2S. The lowest BCUT2D eigenvalue weighted by Crippen LogP contribution is -1.97. The van der Waals surface area contributed by atoms with Gasteiger partial charge < -0.3 is 0 Å². The molecule has 5 heteroatoms. The van der Waals surface area contributed by atoms with Crippen LogP contribution in [0.1, 0.15) is 0 Å². The molecular weight excluding hydrogens is 234 g/mol. The van der Waals surface area contributed by atoms with Gasteiger partial charge in [-0.25, -0.2) is 8.42 Å². The van der Waals surface area contributed by atoms with Gasteiger partial charge in [0.1, 0.15) is 0 Å². The predicted octanol–water partition coefficient (Wildman–Crippen LogP) is 2.29. The molecule has 0 unspecified atom stereocenters. The van der Waals surface area contributed by atoms with Crippen molar-refractivity contribution in [1.29, 1.82) is 0 Å². The first-order valence-electron chi connectivity index (χ1n) is 4.22. The van der Waals surface area contributed by atoms with Crippen LogP contribution in [0.4, 0.5) is 0 Å². The van der Waals surface area contributed by atoms with Crippen LogP contribution in [0, 0.1) is 0 Å². The first-order chi connectivity index (χ1) is 6.97. The summed E-state index contributed by atoms with van der Waals surface area (Å²) >= 11 is 5.81. The first-order valence-corrected chi connectivity index (χ1v) is 6.49. The zero-order valence-electron chi connectivity index (χ0n) is 7.94. The van der Waals surface area contributed by atoms with Crippen molar-refractivity contribution in [2.24, 2.45) is 0 Å². The maximum absolute atomic E-state index is 11.3. The highest BCUT2D eigenvalue weighted by Crippen LogP contribution is 2.20. The zero-order chi connectivity index (χ0) is 11.1. The molecule has 0 saturated heterocycles. The molecule has 0 aliphatic heterocycles. The average Bonchev–Trinajstić information content (AvgIpc) is 2.15. The Kier molecular flexibility index (Phi) is 2.40. The van der Waals surface area contributed by atoms with Crippen molar-refractivity contribution in [3.63, 3.8) is 0 Å². The van der Waals surface area contributed by atoms with Gasteiger partial charge >= 0.3 is 0 Å². The third-order valence-corrected chi connectivity index (χ3v) is 3.36. The Bertz CT molecular complexity index is 622. The maximum Gasteiger partial charge on any atom is 0.177 e. The molecule has 0 N–H and O–H groups in total. The molecule has 0 atom stereocenters. The van der Waals surface area contributed by atoms with Gasteiger partial charge in [-0.1, -0.05) is 11.6 Å². The lowest BCUT2D eigenvalue weighted by atomic mass is 10.2. The third-order valence-electron chi connectivity index (χ3n) is 2.05. The molecule has 0 aliphatic carbocycles. The van der Waals surface area contributed by atoms with E-state index < -0.39 is 9.84 Å². The van der Waals surface area contributed by atoms with E-state index in [2.05, 4.69) is 4.98 Å². The van der Waals surface area contributed by atoms with Gasteiger partial charge in [0.2, 0.25) is 0 Å². The number of rotatable bonds is 1. The Morgan fingerprint density at radius 1 is 1.27 bits per heavy atom. The van der Waals surface area contributed by atoms with Gasteiger partial charge in [0.15, 0.2) is 9.84 Å². The molecule has 0 aliphatic rings. The number of fused-ring (bicyclic) bond motifs is 1. The summed E-state index contributed by atoms with van der Waals surface area (Å²) in [5, 5.41) is 1.29. The molecule has 0 saturated carbocycles. The molecule has 0 fully saturated rings. The number of halogens is 1. The predicted molar refractivity (Wildman–Crippen MR) is 59.9 cm³/mol. The van der Waals surface area contributed by atoms with Crippen LogP contribution >= 0.6 is 11.6 Å². The second-order valence-corrected chi connectivity index (χ2v) is 5.73. The largest absolute Gasteiger partial charge is 0.255 e. The third kappa shape index (κ3) is 2.11. The Balaban J connectivity index is 2.75. The minimum Gasteiger partial charge on any atom is -0.255 e. The van der Waals surface area contributed by atoms with Crippen LogP contribution in [-0.4, -0.2) is 19.7 Å². The Morgan fingerprint density at radius 3 is 2.67 bits per heavy atom. The van der Waals surface area contributed by atoms with Crippen LogP contribution < -0.4 is 0 Å². The maximum atomic E-state index is 11.3. The smallest absolute Gasteiger partial charge is 0.177 e. The zero-order valence-corrected chi connectivity index (χ0v) is 9.51. The van der Waals surface area contributed by atoms with Crippen molar-refractivity contribution in [3.05, 3.63) is 35.5 Å². The van der Waals surface area contributed by atoms with Crippen LogP contribution in [0.2, 0.25) is 5.02 Å². The van der Waals surface area contributed by atoms with E-state index in [0.717, 1.165) is 17.2 Å². The van der Waals surface area contributed by atoms with Crippen LogP contribution in [0.3, 0.4) is 0 Å². The van der Waals surface area contributed by atoms with Gasteiger partial charge in [0.25, 0.3) is 0 Å². The molecule has 0 radical (unpaired) electrons. The summed E-state index contributed by atoms with van der Waals surface area (Å²) < 4.78 is 22.6. The summed E-state index contributed by atoms with van der Waals surface area (Å²) in [5.41, 5.74) is 0.729. The van der Waals surface area contributed by atoms with Gasteiger partial charge in [-0.3, -0.25) is 4.98 Å². The summed E-state index contributed by atoms with van der Waals surface area (Å²) in [5.74, 6) is 0. The average molecular weight is 242 g/mol. The Hall–Kier alpha value is -1.13. The van der Waals surface area contributed by atoms with Crippen molar-refractivity contribution in [2.45, 2.75) is 4.90 Å². The van der Waals surface area contributed by atoms with E-state index in [4.69, 9.17) is 11.6 Å². The van der Waals surface area contributed by atoms with Crippen molar-refractivity contribution >= 4 is 32.3 Å². The van der Waals surface area contributed by atoms with Gasteiger partial charge in [-0.2, -0.15) is 0 Å². The summed E-state index contributed by atoms with van der Waals surface area (Å²) in [7, 11) is -3.21. The highest BCUT2D eigenvalue weighted by atomic mass is 35.5. The number of hydrogen-bond donors (Lipinski definition) is 0. The monoisotopic (exact) mass is 241 g/mol. The quantitative estimate of drug-likeness (QED) is 0.770. The molecule has 0 bridgehead atoms. The van der Waals surface area contributed by atoms with E-state index >= 15 is 0 Å². The van der Waals surface area contributed by atoms with Gasteiger partial charge in [-0.05, 0) is 24.3 Å². The van der Waals surface area contributed by atoms with Crippen LogP contribution in [0.5, 0.6) is 0 Å². The normalized spacial score (nSPS) is 11.9. The van der Waals surface area contributed by atoms with Crippen molar-refractivity contribution in [3.8, 4) is 0 Å². The van der Waals surface area contributed by atoms with E-state index in [1.54, 1.807) is 24.3 Å². The molecule has 1 heterocycles. The Morgan fingerprint density at radius 2 is 2.00 bits per heavy atom. The fourth-order valence-corrected chi connectivity index (χ4v) is 2.05. The number of benzene rings is 1. The van der Waals surface area contributed by atoms with Crippen molar-refractivity contribution < 1.29 is 8.42 Å². The van der Waals surface area contributed by atoms with Crippen LogP contribution in [0.25, 0.3) is 10.9 Å². The van der Waals surface area contributed by atoms with Crippen molar-refractivity contribution in [1.82, 2.24) is 4.98 Å². The van der Waals surface area contributed by atoms with E-state index in [1.807, 2.05) is 0 Å². The minimum absolute atomic E-state index is 0.206. The number of nitrogens with zero attached hydrogens (tertiary/aromatic N) is 1. The molecule has 15 heavy (non-hydrogen) atoms. The first kappa shape index (κ1) is 10.4. The van der Waals surface area contributed by atoms with Gasteiger partial charge in [-0.15, -0.1) is 0 Å². The Labute approximate surface area is 92.6 Å². The number of hydrogen-bond acceptors (Lipinski definition) is 3. The van der Waals surface area contributed by atoms with E-state index in [0.29, 0.717) is 5.02 Å².